The summed E-state index contributed by atoms with van der Waals surface area (Å²) < 4.78 is 0. The Morgan fingerprint density at radius 2 is 2.23 bits per heavy atom. The normalized spacial score (nSPS) is 11.0. The zero-order valence-corrected chi connectivity index (χ0v) is 8.94. The predicted molar refractivity (Wildman–Crippen MR) is 58.4 cm³/mol. The van der Waals surface area contributed by atoms with Crippen molar-refractivity contribution in [3.63, 3.8) is 0 Å². The van der Waals surface area contributed by atoms with Crippen LogP contribution in [0.1, 0.15) is 17.7 Å². The van der Waals surface area contributed by atoms with E-state index in [-0.39, 0.29) is 0 Å². The third-order valence-electron chi connectivity index (χ3n) is 1.67. The standard InChI is InChI=1S/C10H11Cl2N/c1-8-9(4-2-3-7-11)5-6-10(12)13-8/h2,4-6H,3,7H2,1H3. The zero-order valence-electron chi connectivity index (χ0n) is 7.43. The molecule has 1 aromatic rings. The van der Waals surface area contributed by atoms with Crippen molar-refractivity contribution in [2.45, 2.75) is 13.3 Å². The van der Waals surface area contributed by atoms with Crippen molar-refractivity contribution in [3.05, 3.63) is 34.6 Å². The Morgan fingerprint density at radius 1 is 1.46 bits per heavy atom. The van der Waals surface area contributed by atoms with E-state index < -0.39 is 0 Å². The minimum atomic E-state index is 0.534. The van der Waals surface area contributed by atoms with Crippen LogP contribution in [-0.4, -0.2) is 10.9 Å². The lowest BCUT2D eigenvalue weighted by Gasteiger charge is -1.98. The van der Waals surface area contributed by atoms with Crippen LogP contribution in [0.5, 0.6) is 0 Å². The van der Waals surface area contributed by atoms with Crippen LogP contribution in [0, 0.1) is 6.92 Å². The molecule has 0 unspecified atom stereocenters. The van der Waals surface area contributed by atoms with Crippen molar-refractivity contribution < 1.29 is 0 Å². The number of aromatic nitrogens is 1. The van der Waals surface area contributed by atoms with Crippen molar-refractivity contribution in [3.8, 4) is 0 Å². The zero-order chi connectivity index (χ0) is 9.68. The number of hydrogen-bond acceptors (Lipinski definition) is 1. The summed E-state index contributed by atoms with van der Waals surface area (Å²) in [4.78, 5) is 4.13. The molecule has 0 aliphatic heterocycles. The van der Waals surface area contributed by atoms with Crippen LogP contribution in [0.15, 0.2) is 18.2 Å². The van der Waals surface area contributed by atoms with Crippen LogP contribution in [0.4, 0.5) is 0 Å². The van der Waals surface area contributed by atoms with E-state index in [2.05, 4.69) is 4.98 Å². The highest BCUT2D eigenvalue weighted by Crippen LogP contribution is 2.12. The molecular weight excluding hydrogens is 205 g/mol. The number of pyridine rings is 1. The van der Waals surface area contributed by atoms with E-state index in [0.29, 0.717) is 11.0 Å². The van der Waals surface area contributed by atoms with Gasteiger partial charge in [0.2, 0.25) is 0 Å². The fourth-order valence-corrected chi connectivity index (χ4v) is 1.31. The van der Waals surface area contributed by atoms with Crippen LogP contribution < -0.4 is 0 Å². The summed E-state index contributed by atoms with van der Waals surface area (Å²) in [5.41, 5.74) is 2.04. The molecule has 1 aromatic heterocycles. The second-order valence-electron chi connectivity index (χ2n) is 2.69. The summed E-state index contributed by atoms with van der Waals surface area (Å²) in [6.07, 6.45) is 4.93. The number of halogens is 2. The first kappa shape index (κ1) is 10.6. The third kappa shape index (κ3) is 3.37. The summed E-state index contributed by atoms with van der Waals surface area (Å²) in [7, 11) is 0. The fraction of sp³-hybridized carbons (Fsp3) is 0.300. The monoisotopic (exact) mass is 215 g/mol. The van der Waals surface area contributed by atoms with Crippen molar-refractivity contribution >= 4 is 29.3 Å². The quantitative estimate of drug-likeness (QED) is 0.554. The average molecular weight is 216 g/mol. The largest absolute Gasteiger partial charge is 0.241 e. The number of hydrogen-bond donors (Lipinski definition) is 0. The first-order valence-corrected chi connectivity index (χ1v) is 5.01. The Hall–Kier alpha value is -0.530. The minimum Gasteiger partial charge on any atom is -0.241 e. The van der Waals surface area contributed by atoms with E-state index in [1.165, 1.54) is 0 Å². The summed E-state index contributed by atoms with van der Waals surface area (Å²) in [5.74, 6) is 0.649. The summed E-state index contributed by atoms with van der Waals surface area (Å²) in [6, 6.07) is 3.74. The lowest BCUT2D eigenvalue weighted by Crippen LogP contribution is -1.85. The third-order valence-corrected chi connectivity index (χ3v) is 2.09. The van der Waals surface area contributed by atoms with Crippen LogP contribution >= 0.6 is 23.2 Å². The van der Waals surface area contributed by atoms with Gasteiger partial charge in [-0.05, 0) is 25.0 Å². The van der Waals surface area contributed by atoms with Gasteiger partial charge in [0.05, 0.1) is 0 Å². The molecule has 0 aliphatic rings. The topological polar surface area (TPSA) is 12.9 Å². The van der Waals surface area contributed by atoms with E-state index in [0.717, 1.165) is 17.7 Å². The highest BCUT2D eigenvalue weighted by atomic mass is 35.5. The highest BCUT2D eigenvalue weighted by Gasteiger charge is 1.95. The lowest BCUT2D eigenvalue weighted by atomic mass is 10.2. The maximum atomic E-state index is 5.72. The Labute approximate surface area is 88.4 Å². The van der Waals surface area contributed by atoms with Gasteiger partial charge in [-0.3, -0.25) is 0 Å². The van der Waals surface area contributed by atoms with Crippen LogP contribution in [0.2, 0.25) is 5.15 Å². The Balaban J connectivity index is 2.77. The second kappa shape index (κ2) is 5.25. The average Bonchev–Trinajstić information content (AvgIpc) is 2.09. The van der Waals surface area contributed by atoms with Crippen LogP contribution in [0.25, 0.3) is 6.08 Å². The molecular formula is C10H11Cl2N. The molecule has 0 aromatic carbocycles. The molecule has 13 heavy (non-hydrogen) atoms. The molecule has 0 atom stereocenters. The molecule has 0 bridgehead atoms. The van der Waals surface area contributed by atoms with Gasteiger partial charge in [-0.25, -0.2) is 4.98 Å². The number of allylic oxidation sites excluding steroid dienone is 1. The van der Waals surface area contributed by atoms with Gasteiger partial charge in [0.1, 0.15) is 5.15 Å². The lowest BCUT2D eigenvalue weighted by molar-refractivity contribution is 1.18. The van der Waals surface area contributed by atoms with Gasteiger partial charge in [-0.2, -0.15) is 0 Å². The predicted octanol–water partition coefficient (Wildman–Crippen LogP) is 3.69. The Bertz CT molecular complexity index is 308. The molecule has 0 radical (unpaired) electrons. The maximum Gasteiger partial charge on any atom is 0.129 e. The Morgan fingerprint density at radius 3 is 2.85 bits per heavy atom. The van der Waals surface area contributed by atoms with Crippen molar-refractivity contribution in [1.29, 1.82) is 0 Å². The van der Waals surface area contributed by atoms with Crippen LogP contribution in [-0.2, 0) is 0 Å². The molecule has 0 amide bonds. The molecule has 1 nitrogen and oxygen atoms in total. The molecule has 0 saturated heterocycles. The van der Waals surface area contributed by atoms with Gasteiger partial charge in [0.25, 0.3) is 0 Å². The number of aryl methyl sites for hydroxylation is 1. The molecule has 70 valence electrons. The number of nitrogens with zero attached hydrogens (tertiary/aromatic N) is 1. The van der Waals surface area contributed by atoms with Gasteiger partial charge in [-0.15, -0.1) is 11.6 Å². The van der Waals surface area contributed by atoms with E-state index in [1.807, 2.05) is 25.1 Å². The van der Waals surface area contributed by atoms with Crippen molar-refractivity contribution in [1.82, 2.24) is 4.98 Å². The SMILES string of the molecule is Cc1nc(Cl)ccc1C=CCCCl. The molecule has 0 spiro atoms. The van der Waals surface area contributed by atoms with Crippen molar-refractivity contribution in [2.24, 2.45) is 0 Å². The van der Waals surface area contributed by atoms with Gasteiger partial charge in [0, 0.05) is 11.6 Å². The number of rotatable bonds is 3. The maximum absolute atomic E-state index is 5.72. The first-order chi connectivity index (χ1) is 6.24. The van der Waals surface area contributed by atoms with Gasteiger partial charge in [-0.1, -0.05) is 29.8 Å². The van der Waals surface area contributed by atoms with Crippen LogP contribution in [0.3, 0.4) is 0 Å². The fourth-order valence-electron chi connectivity index (χ4n) is 0.991. The van der Waals surface area contributed by atoms with Gasteiger partial charge < -0.3 is 0 Å². The smallest absolute Gasteiger partial charge is 0.129 e. The van der Waals surface area contributed by atoms with E-state index in [4.69, 9.17) is 23.2 Å². The molecule has 0 N–H and O–H groups in total. The molecule has 1 heterocycles. The first-order valence-electron chi connectivity index (χ1n) is 4.09. The minimum absolute atomic E-state index is 0.534. The molecule has 1 rings (SSSR count). The van der Waals surface area contributed by atoms with E-state index in [9.17, 15) is 0 Å². The second-order valence-corrected chi connectivity index (χ2v) is 3.45. The summed E-state index contributed by atoms with van der Waals surface area (Å²) in [5, 5.41) is 0.534. The van der Waals surface area contributed by atoms with E-state index in [1.54, 1.807) is 6.07 Å². The molecule has 0 saturated carbocycles. The molecule has 0 aliphatic carbocycles. The molecule has 0 fully saturated rings. The highest BCUT2D eigenvalue weighted by molar-refractivity contribution is 6.29. The summed E-state index contributed by atoms with van der Waals surface area (Å²) >= 11 is 11.3. The Kier molecular flexibility index (Phi) is 4.26. The van der Waals surface area contributed by atoms with Crippen molar-refractivity contribution in [2.75, 3.05) is 5.88 Å². The van der Waals surface area contributed by atoms with Gasteiger partial charge >= 0.3 is 0 Å². The van der Waals surface area contributed by atoms with Gasteiger partial charge in [0.15, 0.2) is 0 Å². The molecule has 3 heteroatoms. The van der Waals surface area contributed by atoms with E-state index >= 15 is 0 Å². The summed E-state index contributed by atoms with van der Waals surface area (Å²) in [6.45, 7) is 1.94. The number of alkyl halides is 1.